The van der Waals surface area contributed by atoms with E-state index in [0.717, 1.165) is 5.69 Å². The van der Waals surface area contributed by atoms with E-state index < -0.39 is 11.9 Å². The first-order valence-electron chi connectivity index (χ1n) is 11.9. The molecule has 1 saturated heterocycles. The first kappa shape index (κ1) is 25.9. The molecule has 0 aliphatic carbocycles. The highest BCUT2D eigenvalue weighted by atomic mass is 79.9. The van der Waals surface area contributed by atoms with Crippen LogP contribution in [0.2, 0.25) is 0 Å². The number of hydrogen-bond acceptors (Lipinski definition) is 5. The lowest BCUT2D eigenvalue weighted by Crippen LogP contribution is -2.32. The maximum Gasteiger partial charge on any atom is 0.226 e. The van der Waals surface area contributed by atoms with Gasteiger partial charge in [-0.15, -0.1) is 0 Å². The predicted molar refractivity (Wildman–Crippen MR) is 150 cm³/mol. The van der Waals surface area contributed by atoms with E-state index in [2.05, 4.69) is 31.5 Å². The Hall–Kier alpha value is -3.76. The van der Waals surface area contributed by atoms with Gasteiger partial charge in [0, 0.05) is 23.6 Å². The molecule has 2 N–H and O–H groups in total. The number of pyridine rings is 1. The molecule has 2 aromatic carbocycles. The largest absolute Gasteiger partial charge is 0.495 e. The van der Waals surface area contributed by atoms with E-state index in [1.165, 1.54) is 6.07 Å². The van der Waals surface area contributed by atoms with Crippen molar-refractivity contribution in [3.05, 3.63) is 101 Å². The van der Waals surface area contributed by atoms with E-state index in [1.807, 2.05) is 41.3 Å². The number of hydrogen-bond donors (Lipinski definition) is 2. The summed E-state index contributed by atoms with van der Waals surface area (Å²) in [7, 11) is 1.56. The second-order valence-corrected chi connectivity index (χ2v) is 9.95. The van der Waals surface area contributed by atoms with Crippen molar-refractivity contribution in [2.75, 3.05) is 19.0 Å². The second-order valence-electron chi connectivity index (χ2n) is 8.64. The highest BCUT2D eigenvalue weighted by molar-refractivity contribution is 9.10. The minimum atomic E-state index is -0.399. The molecule has 0 radical (unpaired) electrons. The molecular formula is C28H24BrFN4O3S. The molecule has 3 heterocycles. The molecule has 1 aliphatic heterocycles. The van der Waals surface area contributed by atoms with Gasteiger partial charge in [0.05, 0.1) is 30.1 Å². The van der Waals surface area contributed by atoms with Gasteiger partial charge in [-0.1, -0.05) is 34.1 Å². The predicted octanol–water partition coefficient (Wildman–Crippen LogP) is 6.25. The van der Waals surface area contributed by atoms with Crippen LogP contribution < -0.4 is 15.4 Å². The topological polar surface area (TPSA) is 79.6 Å². The molecular weight excluding hydrogens is 571 g/mol. The summed E-state index contributed by atoms with van der Waals surface area (Å²) in [6, 6.07) is 20.5. The number of nitrogens with one attached hydrogen (secondary N) is 2. The molecule has 1 amide bonds. The molecule has 2 atom stereocenters. The van der Waals surface area contributed by atoms with Gasteiger partial charge in [0.15, 0.2) is 5.11 Å². The SMILES string of the molecule is COc1ccccc1NC(=O)CCN1C(=S)N[C@@H](c2ccccn2)[C@H]1c1ccc(-c2ccc(Br)cc2F)o1. The number of ether oxygens (including phenoxy) is 1. The maximum atomic E-state index is 14.6. The van der Waals surface area contributed by atoms with Crippen molar-refractivity contribution >= 4 is 44.9 Å². The molecule has 0 spiro atoms. The summed E-state index contributed by atoms with van der Waals surface area (Å²) in [5.41, 5.74) is 1.72. The van der Waals surface area contributed by atoms with Crippen LogP contribution in [0.5, 0.6) is 5.75 Å². The Bertz CT molecular complexity index is 1470. The van der Waals surface area contributed by atoms with Gasteiger partial charge in [-0.05, 0) is 66.8 Å². The third-order valence-corrected chi connectivity index (χ3v) is 7.12. The number of nitrogens with zero attached hydrogens (tertiary/aromatic N) is 2. The van der Waals surface area contributed by atoms with E-state index in [1.54, 1.807) is 43.6 Å². The Morgan fingerprint density at radius 1 is 1.18 bits per heavy atom. The average molecular weight is 595 g/mol. The van der Waals surface area contributed by atoms with Crippen LogP contribution in [0.3, 0.4) is 0 Å². The zero-order valence-corrected chi connectivity index (χ0v) is 22.8. The molecule has 5 rings (SSSR count). The first-order chi connectivity index (χ1) is 18.4. The lowest BCUT2D eigenvalue weighted by Gasteiger charge is -2.26. The monoisotopic (exact) mass is 594 g/mol. The molecule has 4 aromatic rings. The summed E-state index contributed by atoms with van der Waals surface area (Å²) in [5, 5.41) is 6.71. The Labute approximate surface area is 233 Å². The van der Waals surface area contributed by atoms with Crippen molar-refractivity contribution in [1.82, 2.24) is 15.2 Å². The Kier molecular flexibility index (Phi) is 7.71. The number of thiocarbonyl (C=S) groups is 1. The number of methoxy groups -OCH3 is 1. The average Bonchev–Trinajstić information content (AvgIpc) is 3.52. The third-order valence-electron chi connectivity index (χ3n) is 6.27. The van der Waals surface area contributed by atoms with Crippen LogP contribution in [-0.2, 0) is 4.79 Å². The number of aromatic nitrogens is 1. The molecule has 0 unspecified atom stereocenters. The fraction of sp³-hybridized carbons (Fsp3) is 0.179. The smallest absolute Gasteiger partial charge is 0.226 e. The van der Waals surface area contributed by atoms with Crippen molar-refractivity contribution in [2.45, 2.75) is 18.5 Å². The van der Waals surface area contributed by atoms with Crippen LogP contribution in [0.15, 0.2) is 87.9 Å². The van der Waals surface area contributed by atoms with Crippen molar-refractivity contribution in [3.63, 3.8) is 0 Å². The lowest BCUT2D eigenvalue weighted by molar-refractivity contribution is -0.116. The van der Waals surface area contributed by atoms with Gasteiger partial charge in [-0.25, -0.2) is 4.39 Å². The van der Waals surface area contributed by atoms with Gasteiger partial charge in [0.25, 0.3) is 0 Å². The normalized spacial score (nSPS) is 16.8. The lowest BCUT2D eigenvalue weighted by atomic mass is 10.0. The summed E-state index contributed by atoms with van der Waals surface area (Å²) in [6.07, 6.45) is 1.88. The van der Waals surface area contributed by atoms with Gasteiger partial charge in [0.1, 0.15) is 29.1 Å². The number of rotatable bonds is 8. The van der Waals surface area contributed by atoms with E-state index in [4.69, 9.17) is 21.4 Å². The van der Waals surface area contributed by atoms with Crippen LogP contribution >= 0.6 is 28.1 Å². The Morgan fingerprint density at radius 3 is 2.76 bits per heavy atom. The van der Waals surface area contributed by atoms with Gasteiger partial charge >= 0.3 is 0 Å². The highest BCUT2D eigenvalue weighted by Crippen LogP contribution is 2.41. The number of amides is 1. The van der Waals surface area contributed by atoms with Gasteiger partial charge in [-0.3, -0.25) is 9.78 Å². The van der Waals surface area contributed by atoms with Gasteiger partial charge in [0.2, 0.25) is 5.91 Å². The number of furan rings is 1. The van der Waals surface area contributed by atoms with Gasteiger partial charge < -0.3 is 24.7 Å². The zero-order valence-electron chi connectivity index (χ0n) is 20.4. The summed E-state index contributed by atoms with van der Waals surface area (Å²) < 4.78 is 26.8. The number of anilines is 1. The summed E-state index contributed by atoms with van der Waals surface area (Å²) in [5.74, 6) is 0.975. The van der Waals surface area contributed by atoms with Crippen molar-refractivity contribution in [2.24, 2.45) is 0 Å². The Morgan fingerprint density at radius 2 is 2.00 bits per heavy atom. The summed E-state index contributed by atoms with van der Waals surface area (Å²) >= 11 is 8.97. The van der Waals surface area contributed by atoms with E-state index in [9.17, 15) is 9.18 Å². The number of benzene rings is 2. The van der Waals surface area contributed by atoms with Crippen molar-refractivity contribution in [1.29, 1.82) is 0 Å². The highest BCUT2D eigenvalue weighted by Gasteiger charge is 2.41. The van der Waals surface area contributed by atoms with Gasteiger partial charge in [-0.2, -0.15) is 0 Å². The zero-order chi connectivity index (χ0) is 26.6. The molecule has 0 saturated carbocycles. The van der Waals surface area contributed by atoms with Crippen LogP contribution in [-0.4, -0.2) is 34.6 Å². The molecule has 0 bridgehead atoms. The second kappa shape index (κ2) is 11.3. The Balaban J connectivity index is 1.41. The number of carbonyl (C=O) groups excluding carboxylic acids is 1. The first-order valence-corrected chi connectivity index (χ1v) is 13.1. The van der Waals surface area contributed by atoms with E-state index >= 15 is 0 Å². The number of carbonyl (C=O) groups is 1. The number of para-hydroxylation sites is 2. The minimum Gasteiger partial charge on any atom is -0.495 e. The van der Waals surface area contributed by atoms with Crippen LogP contribution in [0.25, 0.3) is 11.3 Å². The van der Waals surface area contributed by atoms with Crippen molar-refractivity contribution < 1.29 is 18.3 Å². The molecule has 1 fully saturated rings. The maximum absolute atomic E-state index is 14.6. The molecule has 194 valence electrons. The minimum absolute atomic E-state index is 0.167. The molecule has 38 heavy (non-hydrogen) atoms. The fourth-order valence-electron chi connectivity index (χ4n) is 4.48. The summed E-state index contributed by atoms with van der Waals surface area (Å²) in [6.45, 7) is 0.323. The molecule has 2 aromatic heterocycles. The van der Waals surface area contributed by atoms with Crippen LogP contribution in [0, 0.1) is 5.82 Å². The van der Waals surface area contributed by atoms with Crippen LogP contribution in [0.4, 0.5) is 10.1 Å². The number of halogens is 2. The third kappa shape index (κ3) is 5.41. The van der Waals surface area contributed by atoms with Crippen molar-refractivity contribution in [3.8, 4) is 17.1 Å². The van der Waals surface area contributed by atoms with E-state index in [-0.39, 0.29) is 18.4 Å². The standard InChI is InChI=1S/C28H24BrFN4O3S/c1-36-23-8-3-2-6-20(23)32-25(35)13-15-34-27(26(33-28(34)38)21-7-4-5-14-31-21)24-12-11-22(37-24)18-10-9-17(29)16-19(18)30/h2-12,14,16,26-27H,13,15H2,1H3,(H,32,35)(H,33,38)/t26-,27+/m0/s1. The summed E-state index contributed by atoms with van der Waals surface area (Å²) in [4.78, 5) is 19.3. The fourth-order valence-corrected chi connectivity index (χ4v) is 5.15. The molecule has 1 aliphatic rings. The van der Waals surface area contributed by atoms with E-state index in [0.29, 0.717) is 44.7 Å². The quantitative estimate of drug-likeness (QED) is 0.233. The molecule has 7 nitrogen and oxygen atoms in total. The van der Waals surface area contributed by atoms with Crippen LogP contribution in [0.1, 0.15) is 30.0 Å². The molecule has 10 heteroatoms.